The lowest BCUT2D eigenvalue weighted by molar-refractivity contribution is 0.0260. The highest BCUT2D eigenvalue weighted by Crippen LogP contribution is 2.28. The molecule has 0 atom stereocenters. The lowest BCUT2D eigenvalue weighted by Crippen LogP contribution is -2.16. The maximum Gasteiger partial charge on any atom is 0.338 e. The van der Waals surface area contributed by atoms with Gasteiger partial charge in [0.15, 0.2) is 0 Å². The summed E-state index contributed by atoms with van der Waals surface area (Å²) >= 11 is 0. The van der Waals surface area contributed by atoms with Gasteiger partial charge in [-0.2, -0.15) is 0 Å². The molecule has 5 rings (SSSR count). The first-order valence-corrected chi connectivity index (χ1v) is 9.44. The van der Waals surface area contributed by atoms with Gasteiger partial charge in [-0.05, 0) is 73.2 Å². The van der Waals surface area contributed by atoms with E-state index in [2.05, 4.69) is 0 Å². The molecule has 156 valence electrons. The van der Waals surface area contributed by atoms with Crippen LogP contribution in [0.25, 0.3) is 0 Å². The monoisotopic (exact) mass is 412 g/mol. The Hall–Kier alpha value is -3.68. The number of carbonyl (C=O) groups excluding carboxylic acids is 2. The van der Waals surface area contributed by atoms with Gasteiger partial charge in [0.1, 0.15) is 13.2 Å². The van der Waals surface area contributed by atoms with Crippen molar-refractivity contribution in [2.75, 3.05) is 13.2 Å². The molecule has 3 aliphatic rings. The number of carboxylic acid groups (broad SMARTS) is 2. The second kappa shape index (κ2) is 9.21. The fourth-order valence-electron chi connectivity index (χ4n) is 3.45. The summed E-state index contributed by atoms with van der Waals surface area (Å²) in [6, 6.07) is 8.98. The Labute approximate surface area is 172 Å². The SMILES string of the molecule is O=C(O)c1ccc(C(=O)O)c2c1CCCC2.O=C1OCCOC(=O)c2ccc1cc2. The fraction of sp³-hybridized carbons (Fsp3) is 0.273. The Balaban J connectivity index is 0.000000172. The summed E-state index contributed by atoms with van der Waals surface area (Å²) in [6.45, 7) is 0.200. The van der Waals surface area contributed by atoms with Crippen molar-refractivity contribution >= 4 is 23.9 Å². The zero-order valence-corrected chi connectivity index (χ0v) is 16.1. The third kappa shape index (κ3) is 4.65. The van der Waals surface area contributed by atoms with E-state index < -0.39 is 23.9 Å². The van der Waals surface area contributed by atoms with Gasteiger partial charge in [0.05, 0.1) is 22.3 Å². The Morgan fingerprint density at radius 3 is 1.37 bits per heavy atom. The van der Waals surface area contributed by atoms with Crippen molar-refractivity contribution in [1.29, 1.82) is 0 Å². The van der Waals surface area contributed by atoms with Crippen LogP contribution in [0.2, 0.25) is 0 Å². The molecule has 0 fully saturated rings. The normalized spacial score (nSPS) is 15.1. The van der Waals surface area contributed by atoms with E-state index >= 15 is 0 Å². The standard InChI is InChI=1S/C12H12O4.C10H8O4/c13-11(14)9-5-6-10(12(15)16)8-4-2-1-3-7(8)9;11-9-7-1-2-8(4-3-7)10(12)14-6-5-13-9/h5-6H,1-4H2,(H,13,14)(H,15,16);1-4H,5-6H2. The number of benzene rings is 2. The third-order valence-electron chi connectivity index (χ3n) is 4.90. The van der Waals surface area contributed by atoms with Crippen molar-refractivity contribution in [3.8, 4) is 0 Å². The summed E-state index contributed by atoms with van der Waals surface area (Å²) in [7, 11) is 0. The molecule has 30 heavy (non-hydrogen) atoms. The van der Waals surface area contributed by atoms with Crippen molar-refractivity contribution < 1.29 is 38.9 Å². The molecule has 2 aromatic carbocycles. The summed E-state index contributed by atoms with van der Waals surface area (Å²) < 4.78 is 9.66. The van der Waals surface area contributed by atoms with Crippen LogP contribution in [0.4, 0.5) is 0 Å². The fourth-order valence-corrected chi connectivity index (χ4v) is 3.45. The number of carboxylic acids is 2. The zero-order valence-electron chi connectivity index (χ0n) is 16.1. The molecule has 2 bridgehead atoms. The molecule has 2 aliphatic heterocycles. The molecule has 2 aromatic rings. The van der Waals surface area contributed by atoms with E-state index in [1.165, 1.54) is 12.1 Å². The van der Waals surface area contributed by atoms with Gasteiger partial charge in [0, 0.05) is 0 Å². The van der Waals surface area contributed by atoms with Crippen LogP contribution >= 0.6 is 0 Å². The van der Waals surface area contributed by atoms with E-state index in [-0.39, 0.29) is 24.3 Å². The van der Waals surface area contributed by atoms with Crippen LogP contribution in [0, 0.1) is 0 Å². The molecule has 0 amide bonds. The van der Waals surface area contributed by atoms with Crippen LogP contribution in [-0.2, 0) is 22.3 Å². The van der Waals surface area contributed by atoms with Crippen molar-refractivity contribution in [3.05, 3.63) is 69.8 Å². The average Bonchev–Trinajstić information content (AvgIpc) is 2.75. The summed E-state index contributed by atoms with van der Waals surface area (Å²) in [4.78, 5) is 44.5. The van der Waals surface area contributed by atoms with Crippen LogP contribution in [0.1, 0.15) is 65.4 Å². The molecule has 0 saturated carbocycles. The van der Waals surface area contributed by atoms with Crippen molar-refractivity contribution in [2.24, 2.45) is 0 Å². The van der Waals surface area contributed by atoms with E-state index in [1.54, 1.807) is 24.3 Å². The number of hydrogen-bond acceptors (Lipinski definition) is 6. The predicted molar refractivity (Wildman–Crippen MR) is 104 cm³/mol. The number of carbonyl (C=O) groups is 4. The van der Waals surface area contributed by atoms with Gasteiger partial charge in [-0.25, -0.2) is 19.2 Å². The highest BCUT2D eigenvalue weighted by atomic mass is 16.6. The predicted octanol–water partition coefficient (Wildman–Crippen LogP) is 2.98. The summed E-state index contributed by atoms with van der Waals surface area (Å²) in [6.07, 6.45) is 3.18. The molecular formula is C22H20O8. The first-order valence-electron chi connectivity index (χ1n) is 9.44. The summed E-state index contributed by atoms with van der Waals surface area (Å²) in [5.41, 5.74) is 2.81. The quantitative estimate of drug-likeness (QED) is 0.721. The highest BCUT2D eigenvalue weighted by Gasteiger charge is 2.22. The van der Waals surface area contributed by atoms with Gasteiger partial charge in [-0.1, -0.05) is 0 Å². The van der Waals surface area contributed by atoms with Gasteiger partial charge >= 0.3 is 23.9 Å². The van der Waals surface area contributed by atoms with Crippen LogP contribution in [0.3, 0.4) is 0 Å². The maximum atomic E-state index is 11.3. The lowest BCUT2D eigenvalue weighted by atomic mass is 9.85. The smallest absolute Gasteiger partial charge is 0.338 e. The van der Waals surface area contributed by atoms with E-state index in [0.29, 0.717) is 35.1 Å². The minimum Gasteiger partial charge on any atom is -0.478 e. The van der Waals surface area contributed by atoms with E-state index in [9.17, 15) is 19.2 Å². The number of fused-ring (bicyclic) bond motifs is 8. The van der Waals surface area contributed by atoms with E-state index in [0.717, 1.165) is 12.8 Å². The molecule has 0 aromatic heterocycles. The van der Waals surface area contributed by atoms with Crippen LogP contribution in [0.5, 0.6) is 0 Å². The number of esters is 2. The topological polar surface area (TPSA) is 127 Å². The molecule has 8 nitrogen and oxygen atoms in total. The number of hydrogen-bond donors (Lipinski definition) is 2. The largest absolute Gasteiger partial charge is 0.478 e. The first-order chi connectivity index (χ1) is 14.4. The number of rotatable bonds is 2. The zero-order chi connectivity index (χ0) is 21.7. The van der Waals surface area contributed by atoms with Crippen LogP contribution < -0.4 is 0 Å². The van der Waals surface area contributed by atoms with Gasteiger partial charge < -0.3 is 19.7 Å². The molecule has 0 spiro atoms. The second-order valence-corrected chi connectivity index (χ2v) is 6.78. The minimum absolute atomic E-state index is 0.100. The molecule has 0 saturated heterocycles. The van der Waals surface area contributed by atoms with Crippen LogP contribution in [0.15, 0.2) is 36.4 Å². The Morgan fingerprint density at radius 2 is 1.03 bits per heavy atom. The Kier molecular flexibility index (Phi) is 6.46. The van der Waals surface area contributed by atoms with Gasteiger partial charge in [0.25, 0.3) is 0 Å². The van der Waals surface area contributed by atoms with Gasteiger partial charge in [-0.3, -0.25) is 0 Å². The van der Waals surface area contributed by atoms with Crippen molar-refractivity contribution in [1.82, 2.24) is 0 Å². The van der Waals surface area contributed by atoms with Gasteiger partial charge in [-0.15, -0.1) is 0 Å². The van der Waals surface area contributed by atoms with Crippen LogP contribution in [-0.4, -0.2) is 47.3 Å². The van der Waals surface area contributed by atoms with Crippen molar-refractivity contribution in [3.63, 3.8) is 0 Å². The number of ether oxygens (including phenoxy) is 2. The molecule has 0 radical (unpaired) electrons. The summed E-state index contributed by atoms with van der Waals surface area (Å²) in [5.74, 6) is -2.74. The van der Waals surface area contributed by atoms with E-state index in [1.807, 2.05) is 0 Å². The molecule has 2 N–H and O–H groups in total. The molecular weight excluding hydrogens is 392 g/mol. The Morgan fingerprint density at radius 1 is 0.667 bits per heavy atom. The average molecular weight is 412 g/mol. The molecule has 2 heterocycles. The highest BCUT2D eigenvalue weighted by molar-refractivity contribution is 5.95. The van der Waals surface area contributed by atoms with Crippen molar-refractivity contribution in [2.45, 2.75) is 25.7 Å². The third-order valence-corrected chi connectivity index (χ3v) is 4.90. The minimum atomic E-state index is -0.977. The Bertz CT molecular complexity index is 911. The molecule has 8 heteroatoms. The molecule has 1 aliphatic carbocycles. The van der Waals surface area contributed by atoms with E-state index in [4.69, 9.17) is 19.7 Å². The lowest BCUT2D eigenvalue weighted by Gasteiger charge is -2.19. The molecule has 0 unspecified atom stereocenters. The second-order valence-electron chi connectivity index (χ2n) is 6.78. The maximum absolute atomic E-state index is 11.3. The first kappa shape index (κ1) is 21.0. The van der Waals surface area contributed by atoms with Gasteiger partial charge in [0.2, 0.25) is 0 Å². The number of aromatic carboxylic acids is 2. The summed E-state index contributed by atoms with van der Waals surface area (Å²) in [5, 5.41) is 18.0.